The van der Waals surface area contributed by atoms with Crippen LogP contribution in [0.2, 0.25) is 0 Å². The van der Waals surface area contributed by atoms with Crippen LogP contribution in [-0.2, 0) is 18.4 Å². The summed E-state index contributed by atoms with van der Waals surface area (Å²) in [5.74, 6) is -1.01. The van der Waals surface area contributed by atoms with E-state index in [-0.39, 0.29) is 12.6 Å². The summed E-state index contributed by atoms with van der Waals surface area (Å²) in [4.78, 5) is 23.9. The lowest BCUT2D eigenvalue weighted by Crippen LogP contribution is -2.42. The normalized spacial score (nSPS) is 10.3. The number of aliphatic carboxylic acids is 1. The van der Waals surface area contributed by atoms with Gasteiger partial charge in [-0.2, -0.15) is 5.10 Å². The van der Waals surface area contributed by atoms with Gasteiger partial charge in [-0.05, 0) is 13.3 Å². The molecule has 1 aromatic rings. The molecule has 7 nitrogen and oxygen atoms in total. The molecule has 0 saturated heterocycles. The summed E-state index contributed by atoms with van der Waals surface area (Å²) in [5.41, 5.74) is 1.89. The largest absolute Gasteiger partial charge is 0.480 e. The van der Waals surface area contributed by atoms with Gasteiger partial charge in [0, 0.05) is 31.4 Å². The first-order valence-electron chi connectivity index (χ1n) is 6.17. The molecule has 0 radical (unpaired) electrons. The molecule has 1 heterocycles. The average molecular weight is 268 g/mol. The molecule has 1 aromatic heterocycles. The van der Waals surface area contributed by atoms with Crippen LogP contribution in [0, 0.1) is 6.92 Å². The van der Waals surface area contributed by atoms with Crippen molar-refractivity contribution in [2.75, 3.05) is 13.1 Å². The minimum absolute atomic E-state index is 0.286. The van der Waals surface area contributed by atoms with Crippen LogP contribution in [0.5, 0.6) is 0 Å². The van der Waals surface area contributed by atoms with Crippen molar-refractivity contribution in [3.8, 4) is 0 Å². The van der Waals surface area contributed by atoms with Crippen molar-refractivity contribution in [3.05, 3.63) is 17.5 Å². The van der Waals surface area contributed by atoms with Crippen molar-refractivity contribution in [1.29, 1.82) is 0 Å². The molecule has 2 amide bonds. The number of aryl methyl sites for hydroxylation is 1. The minimum Gasteiger partial charge on any atom is -0.480 e. The fourth-order valence-corrected chi connectivity index (χ4v) is 1.69. The van der Waals surface area contributed by atoms with Gasteiger partial charge in [0.05, 0.1) is 6.20 Å². The van der Waals surface area contributed by atoms with Crippen LogP contribution >= 0.6 is 0 Å². The Morgan fingerprint density at radius 2 is 2.21 bits per heavy atom. The Kier molecular flexibility index (Phi) is 5.35. The van der Waals surface area contributed by atoms with Crippen molar-refractivity contribution < 1.29 is 14.7 Å². The van der Waals surface area contributed by atoms with Gasteiger partial charge >= 0.3 is 12.0 Å². The molecule has 0 unspecified atom stereocenters. The third-order valence-electron chi connectivity index (χ3n) is 2.87. The summed E-state index contributed by atoms with van der Waals surface area (Å²) in [6.45, 7) is 4.29. The molecule has 0 spiro atoms. The number of carbonyl (C=O) groups is 2. The number of nitrogens with zero attached hydrogens (tertiary/aromatic N) is 3. The van der Waals surface area contributed by atoms with E-state index >= 15 is 0 Å². The summed E-state index contributed by atoms with van der Waals surface area (Å²) in [6.07, 6.45) is 2.41. The second kappa shape index (κ2) is 6.77. The highest BCUT2D eigenvalue weighted by Gasteiger charge is 2.16. The maximum Gasteiger partial charge on any atom is 0.323 e. The number of rotatable bonds is 6. The first kappa shape index (κ1) is 15.0. The van der Waals surface area contributed by atoms with Gasteiger partial charge < -0.3 is 15.3 Å². The van der Waals surface area contributed by atoms with Gasteiger partial charge in [-0.3, -0.25) is 9.48 Å². The second-order valence-electron chi connectivity index (χ2n) is 4.35. The van der Waals surface area contributed by atoms with Gasteiger partial charge in [0.15, 0.2) is 0 Å². The Morgan fingerprint density at radius 1 is 1.53 bits per heavy atom. The highest BCUT2D eigenvalue weighted by molar-refractivity contribution is 5.80. The molecule has 0 aliphatic rings. The molecule has 0 aromatic carbocycles. The Morgan fingerprint density at radius 3 is 2.68 bits per heavy atom. The number of amides is 2. The predicted octanol–water partition coefficient (Wildman–Crippen LogP) is 0.735. The van der Waals surface area contributed by atoms with E-state index in [4.69, 9.17) is 5.11 Å². The molecule has 19 heavy (non-hydrogen) atoms. The van der Waals surface area contributed by atoms with E-state index in [1.807, 2.05) is 20.9 Å². The summed E-state index contributed by atoms with van der Waals surface area (Å²) < 4.78 is 1.72. The lowest BCUT2D eigenvalue weighted by molar-refractivity contribution is -0.137. The highest BCUT2D eigenvalue weighted by Crippen LogP contribution is 2.05. The molecular formula is C12H20N4O3. The molecule has 7 heteroatoms. The van der Waals surface area contributed by atoms with Crippen molar-refractivity contribution in [1.82, 2.24) is 20.0 Å². The molecule has 0 aliphatic carbocycles. The molecule has 0 bridgehead atoms. The van der Waals surface area contributed by atoms with E-state index in [0.29, 0.717) is 19.5 Å². The Hall–Kier alpha value is -2.05. The topological polar surface area (TPSA) is 87.5 Å². The van der Waals surface area contributed by atoms with E-state index in [2.05, 4.69) is 10.4 Å². The van der Waals surface area contributed by atoms with Crippen LogP contribution in [0.3, 0.4) is 0 Å². The molecule has 0 atom stereocenters. The summed E-state index contributed by atoms with van der Waals surface area (Å²) in [5, 5.41) is 15.6. The lowest BCUT2D eigenvalue weighted by Gasteiger charge is -2.20. The van der Waals surface area contributed by atoms with Crippen molar-refractivity contribution >= 4 is 12.0 Å². The van der Waals surface area contributed by atoms with Crippen LogP contribution in [0.1, 0.15) is 24.6 Å². The molecule has 2 N–H and O–H groups in total. The number of carboxylic acids is 1. The molecule has 106 valence electrons. The third kappa shape index (κ3) is 4.27. The number of aromatic nitrogens is 2. The minimum atomic E-state index is -1.01. The van der Waals surface area contributed by atoms with Crippen LogP contribution in [0.15, 0.2) is 6.20 Å². The average Bonchev–Trinajstić information content (AvgIpc) is 2.66. The lowest BCUT2D eigenvalue weighted by atomic mass is 10.2. The van der Waals surface area contributed by atoms with Gasteiger partial charge in [-0.15, -0.1) is 0 Å². The van der Waals surface area contributed by atoms with Crippen LogP contribution in [0.4, 0.5) is 4.79 Å². The van der Waals surface area contributed by atoms with E-state index in [9.17, 15) is 9.59 Å². The number of nitrogens with one attached hydrogen (secondary N) is 1. The predicted molar refractivity (Wildman–Crippen MR) is 69.7 cm³/mol. The Balaban J connectivity index is 2.57. The number of urea groups is 1. The second-order valence-corrected chi connectivity index (χ2v) is 4.35. The fraction of sp³-hybridized carbons (Fsp3) is 0.583. The number of hydrogen-bond acceptors (Lipinski definition) is 3. The number of carboxylic acid groups (broad SMARTS) is 1. The first-order valence-corrected chi connectivity index (χ1v) is 6.17. The molecule has 0 saturated carbocycles. The van der Waals surface area contributed by atoms with Crippen molar-refractivity contribution in [2.45, 2.75) is 26.8 Å². The van der Waals surface area contributed by atoms with E-state index in [1.54, 1.807) is 10.9 Å². The fourth-order valence-electron chi connectivity index (χ4n) is 1.69. The Bertz CT molecular complexity index is 456. The van der Waals surface area contributed by atoms with Gasteiger partial charge in [0.2, 0.25) is 0 Å². The van der Waals surface area contributed by atoms with Gasteiger partial charge in [-0.25, -0.2) is 4.79 Å². The van der Waals surface area contributed by atoms with Crippen molar-refractivity contribution in [2.24, 2.45) is 7.05 Å². The zero-order valence-corrected chi connectivity index (χ0v) is 11.5. The van der Waals surface area contributed by atoms with Gasteiger partial charge in [-0.1, -0.05) is 6.92 Å². The summed E-state index contributed by atoms with van der Waals surface area (Å²) >= 11 is 0. The zero-order chi connectivity index (χ0) is 14.4. The van der Waals surface area contributed by atoms with E-state index in [1.165, 1.54) is 4.90 Å². The third-order valence-corrected chi connectivity index (χ3v) is 2.87. The number of carbonyl (C=O) groups excluding carboxylic acids is 1. The number of hydrogen-bond donors (Lipinski definition) is 2. The van der Waals surface area contributed by atoms with Crippen molar-refractivity contribution in [3.63, 3.8) is 0 Å². The quantitative estimate of drug-likeness (QED) is 0.796. The molecule has 1 rings (SSSR count). The monoisotopic (exact) mass is 268 g/mol. The van der Waals surface area contributed by atoms with E-state index < -0.39 is 5.97 Å². The maximum absolute atomic E-state index is 11.9. The SMILES string of the molecule is CCCN(CC(=O)O)C(=O)NCc1cnn(C)c1C. The van der Waals surface area contributed by atoms with Crippen LogP contribution in [0.25, 0.3) is 0 Å². The highest BCUT2D eigenvalue weighted by atomic mass is 16.4. The van der Waals surface area contributed by atoms with Crippen LogP contribution in [-0.4, -0.2) is 44.9 Å². The van der Waals surface area contributed by atoms with Crippen LogP contribution < -0.4 is 5.32 Å². The van der Waals surface area contributed by atoms with E-state index in [0.717, 1.165) is 11.3 Å². The summed E-state index contributed by atoms with van der Waals surface area (Å²) in [7, 11) is 1.83. The summed E-state index contributed by atoms with van der Waals surface area (Å²) in [6, 6.07) is -0.368. The first-order chi connectivity index (χ1) is 8.95. The maximum atomic E-state index is 11.9. The smallest absolute Gasteiger partial charge is 0.323 e. The molecule has 0 fully saturated rings. The zero-order valence-electron chi connectivity index (χ0n) is 11.5. The molecular weight excluding hydrogens is 248 g/mol. The Labute approximate surface area is 112 Å². The van der Waals surface area contributed by atoms with Gasteiger partial charge in [0.25, 0.3) is 0 Å². The van der Waals surface area contributed by atoms with Gasteiger partial charge in [0.1, 0.15) is 6.54 Å². The standard InChI is InChI=1S/C12H20N4O3/c1-4-5-16(8-11(17)18)12(19)13-6-10-7-14-15(3)9(10)2/h7H,4-6,8H2,1-3H3,(H,13,19)(H,17,18). The molecule has 0 aliphatic heterocycles.